The van der Waals surface area contributed by atoms with Gasteiger partial charge in [-0.05, 0) is 84.7 Å². The number of hydrogen-bond acceptors (Lipinski definition) is 15. The molecular formula is C46H66N4O12S. The quantitative estimate of drug-likeness (QED) is 0.166. The van der Waals surface area contributed by atoms with E-state index < -0.39 is 77.3 Å². The molecule has 0 unspecified atom stereocenters. The normalized spacial score (nSPS) is 35.1. The summed E-state index contributed by atoms with van der Waals surface area (Å²) in [5.74, 6) is -4.88. The van der Waals surface area contributed by atoms with Gasteiger partial charge in [-0.25, -0.2) is 4.99 Å². The Kier molecular flexibility index (Phi) is 17.3. The lowest BCUT2D eigenvalue weighted by Gasteiger charge is -2.47. The predicted octanol–water partition coefficient (Wildman–Crippen LogP) is 4.87. The van der Waals surface area contributed by atoms with E-state index in [1.807, 2.05) is 63.2 Å². The number of nitrogens with zero attached hydrogens (tertiary/aromatic N) is 3. The number of esters is 1. The number of hydrogen-bond donors (Lipinski definition) is 3. The van der Waals surface area contributed by atoms with E-state index in [4.69, 9.17) is 28.5 Å². The third kappa shape index (κ3) is 12.7. The molecule has 3 N–H and O–H groups in total. The highest BCUT2D eigenvalue weighted by Crippen LogP contribution is 2.39. The Balaban J connectivity index is 1.55. The summed E-state index contributed by atoms with van der Waals surface area (Å²) in [6.45, 7) is 13.1. The van der Waals surface area contributed by atoms with Crippen molar-refractivity contribution in [3.63, 3.8) is 0 Å². The Hall–Kier alpha value is -3.94. The topological polar surface area (TPSA) is 204 Å². The van der Waals surface area contributed by atoms with E-state index >= 15 is 0 Å². The van der Waals surface area contributed by atoms with E-state index in [0.717, 1.165) is 10.4 Å². The Bertz CT molecular complexity index is 1950. The number of rotatable bonds is 10. The maximum Gasteiger partial charge on any atom is 0.316 e. The molecule has 4 heterocycles. The zero-order valence-corrected chi connectivity index (χ0v) is 39.0. The number of cyclic esters (lactones) is 1. The number of thiophene rings is 1. The maximum atomic E-state index is 14.5. The SMILES string of the molecule is CC[C@@H]1OC(=O)[C@H](C)C(=O)[C@H](C)[C@@H](O[C@@H]2O[C@H](C)C[C@H](N(C)C)[C@H]2O)[C@@]2(C)C[C@@H](C)C(=NC(C)=O)C[C@H](OC/C(=N/OCc3ccc(C(=O)NCc4ccccc4)s3)CO2)[C@]1(C)O. The van der Waals surface area contributed by atoms with E-state index in [1.165, 1.54) is 32.1 Å². The lowest BCUT2D eigenvalue weighted by atomic mass is 9.76. The van der Waals surface area contributed by atoms with Gasteiger partial charge in [0.2, 0.25) is 5.91 Å². The highest BCUT2D eigenvalue weighted by molar-refractivity contribution is 7.14. The van der Waals surface area contributed by atoms with Gasteiger partial charge in [0.15, 0.2) is 18.7 Å². The van der Waals surface area contributed by atoms with Crippen molar-refractivity contribution in [2.45, 2.75) is 148 Å². The summed E-state index contributed by atoms with van der Waals surface area (Å²) in [5.41, 5.74) is -1.63. The van der Waals surface area contributed by atoms with Gasteiger partial charge in [-0.2, -0.15) is 0 Å². The maximum absolute atomic E-state index is 14.5. The van der Waals surface area contributed by atoms with Crippen LogP contribution in [0.2, 0.25) is 0 Å². The van der Waals surface area contributed by atoms with Crippen molar-refractivity contribution < 1.29 is 57.9 Å². The summed E-state index contributed by atoms with van der Waals surface area (Å²) in [7, 11) is 3.72. The fraction of sp³-hybridized carbons (Fsp3) is 0.652. The van der Waals surface area contributed by atoms with E-state index in [2.05, 4.69) is 15.5 Å². The van der Waals surface area contributed by atoms with Gasteiger partial charge < -0.3 is 49.0 Å². The molecule has 12 atom stereocenters. The smallest absolute Gasteiger partial charge is 0.316 e. The van der Waals surface area contributed by atoms with Gasteiger partial charge in [0.25, 0.3) is 5.91 Å². The molecule has 2 aromatic rings. The number of ketones is 1. The average molecular weight is 899 g/mol. The van der Waals surface area contributed by atoms with E-state index in [0.29, 0.717) is 23.6 Å². The molecule has 0 radical (unpaired) electrons. The minimum Gasteiger partial charge on any atom is -0.459 e. The standard InChI is InChI=1S/C46H66N4O12S/c1-11-37-46(8,56)38-20-34(48-30(6)51)26(2)21-45(7,41(28(4)39(52)29(5)43(55)61-37)62-44-40(53)35(50(9)10)19-27(3)60-44)58-24-32(23-57-38)49-59-25-33-17-18-36(63-33)42(54)47-22-31-15-13-12-14-16-31/h12-18,26-29,35,37-38,40-41,44,53,56H,11,19-25H2,1-10H3,(H,47,54)/b48-34?,49-32-/t26-,27-,28+,29-,35+,37+,38+,40-,41-,44+,45-,46-/m1/s1. The number of oxime groups is 1. The molecule has 16 nitrogen and oxygen atoms in total. The number of carbonyl (C=O) groups is 4. The van der Waals surface area contributed by atoms with Crippen LogP contribution in [0.15, 0.2) is 52.6 Å². The number of carbonyl (C=O) groups excluding carboxylic acids is 4. The van der Waals surface area contributed by atoms with Crippen LogP contribution in [0.5, 0.6) is 0 Å². The second-order valence-electron chi connectivity index (χ2n) is 17.8. The van der Waals surface area contributed by atoms with Crippen LogP contribution in [0.3, 0.4) is 0 Å². The summed E-state index contributed by atoms with van der Waals surface area (Å²) in [5, 5.41) is 31.3. The number of nitrogens with one attached hydrogen (secondary N) is 1. The lowest BCUT2D eigenvalue weighted by Crippen LogP contribution is -2.59. The van der Waals surface area contributed by atoms with Crippen LogP contribution in [0.4, 0.5) is 0 Å². The Labute approximate surface area is 374 Å². The minimum atomic E-state index is -1.85. The summed E-state index contributed by atoms with van der Waals surface area (Å²) < 4.78 is 32.3. The Morgan fingerprint density at radius 3 is 2.43 bits per heavy atom. The zero-order valence-electron chi connectivity index (χ0n) is 38.2. The Morgan fingerprint density at radius 1 is 1.05 bits per heavy atom. The summed E-state index contributed by atoms with van der Waals surface area (Å²) in [6, 6.07) is 12.8. The molecular weight excluding hydrogens is 833 g/mol. The number of fused-ring (bicyclic) bond motifs is 5. The van der Waals surface area contributed by atoms with Gasteiger partial charge in [-0.3, -0.25) is 19.2 Å². The molecule has 17 heteroatoms. The molecule has 348 valence electrons. The van der Waals surface area contributed by atoms with Crippen LogP contribution in [0.25, 0.3) is 0 Å². The number of Topliss-reactive ketones (excluding diaryl/α,β-unsaturated/α-hetero) is 1. The van der Waals surface area contributed by atoms with Crippen molar-refractivity contribution in [2.24, 2.45) is 27.9 Å². The molecule has 0 aliphatic carbocycles. The number of aliphatic hydroxyl groups is 2. The second kappa shape index (κ2) is 21.8. The van der Waals surface area contributed by atoms with Gasteiger partial charge in [-0.15, -0.1) is 11.3 Å². The minimum absolute atomic E-state index is 0.0101. The van der Waals surface area contributed by atoms with E-state index in [1.54, 1.807) is 32.9 Å². The zero-order chi connectivity index (χ0) is 46.2. The molecule has 3 aliphatic rings. The molecule has 1 aromatic heterocycles. The summed E-state index contributed by atoms with van der Waals surface area (Å²) >= 11 is 1.26. The number of benzene rings is 1. The Morgan fingerprint density at radius 2 is 1.76 bits per heavy atom. The molecule has 0 saturated carbocycles. The summed E-state index contributed by atoms with van der Waals surface area (Å²) in [4.78, 5) is 67.4. The number of likely N-dealkylation sites (N-methyl/N-ethyl adjacent to an activating group) is 1. The molecule has 5 rings (SSSR count). The molecule has 2 bridgehead atoms. The van der Waals surface area contributed by atoms with Gasteiger partial charge >= 0.3 is 5.97 Å². The van der Waals surface area contributed by atoms with E-state index in [-0.39, 0.29) is 62.8 Å². The van der Waals surface area contributed by atoms with Gasteiger partial charge in [-0.1, -0.05) is 56.3 Å². The van der Waals surface area contributed by atoms with Crippen molar-refractivity contribution >= 4 is 46.3 Å². The first-order chi connectivity index (χ1) is 29.7. The molecule has 2 amide bonds. The van der Waals surface area contributed by atoms with Crippen LogP contribution in [0, 0.1) is 17.8 Å². The van der Waals surface area contributed by atoms with Gasteiger partial charge in [0.05, 0.1) is 42.0 Å². The van der Waals surface area contributed by atoms with E-state index in [9.17, 15) is 29.4 Å². The molecule has 3 fully saturated rings. The predicted molar refractivity (Wildman–Crippen MR) is 236 cm³/mol. The number of amides is 2. The highest BCUT2D eigenvalue weighted by Gasteiger charge is 2.52. The van der Waals surface area contributed by atoms with Crippen LogP contribution in [-0.4, -0.2) is 131 Å². The third-order valence-electron chi connectivity index (χ3n) is 12.4. The van der Waals surface area contributed by atoms with Crippen LogP contribution < -0.4 is 5.32 Å². The number of aliphatic imine (C=N–C) groups is 1. The number of ether oxygens (including phenoxy) is 5. The van der Waals surface area contributed by atoms with Crippen molar-refractivity contribution in [2.75, 3.05) is 27.3 Å². The molecule has 0 spiro atoms. The second-order valence-corrected chi connectivity index (χ2v) is 19.0. The molecule has 1 aromatic carbocycles. The molecule has 63 heavy (non-hydrogen) atoms. The summed E-state index contributed by atoms with van der Waals surface area (Å²) in [6.07, 6.45) is -5.24. The fourth-order valence-electron chi connectivity index (χ4n) is 8.65. The van der Waals surface area contributed by atoms with Gasteiger partial charge in [0, 0.05) is 42.4 Å². The third-order valence-corrected chi connectivity index (χ3v) is 13.4. The van der Waals surface area contributed by atoms with Gasteiger partial charge in [0.1, 0.15) is 29.4 Å². The highest BCUT2D eigenvalue weighted by atomic mass is 32.1. The molecule has 3 saturated heterocycles. The fourth-order valence-corrected chi connectivity index (χ4v) is 9.48. The van der Waals surface area contributed by atoms with Crippen molar-refractivity contribution in [1.29, 1.82) is 0 Å². The van der Waals surface area contributed by atoms with Crippen LogP contribution in [0.1, 0.15) is 101 Å². The first-order valence-electron chi connectivity index (χ1n) is 21.8. The molecule has 3 aliphatic heterocycles. The lowest BCUT2D eigenvalue weighted by molar-refractivity contribution is -0.296. The first kappa shape index (κ1) is 50.1. The number of aliphatic hydroxyl groups excluding tert-OH is 1. The average Bonchev–Trinajstić information content (AvgIpc) is 3.71. The first-order valence-corrected chi connectivity index (χ1v) is 22.6. The van der Waals surface area contributed by atoms with Crippen molar-refractivity contribution in [3.05, 3.63) is 57.8 Å². The monoisotopic (exact) mass is 898 g/mol. The van der Waals surface area contributed by atoms with Crippen molar-refractivity contribution in [1.82, 2.24) is 10.2 Å². The van der Waals surface area contributed by atoms with Crippen LogP contribution >= 0.6 is 11.3 Å². The van der Waals surface area contributed by atoms with Crippen LogP contribution in [-0.2, 0) is 56.1 Å². The van der Waals surface area contributed by atoms with Crippen molar-refractivity contribution in [3.8, 4) is 0 Å². The largest absolute Gasteiger partial charge is 0.459 e.